The summed E-state index contributed by atoms with van der Waals surface area (Å²) in [5.74, 6) is -0.814. The maximum absolute atomic E-state index is 12.7. The van der Waals surface area contributed by atoms with E-state index in [4.69, 9.17) is 4.74 Å². The fraction of sp³-hybridized carbons (Fsp3) is 0.476. The molecule has 1 aliphatic carbocycles. The first-order valence-electron chi connectivity index (χ1n) is 10.3. The van der Waals surface area contributed by atoms with Crippen molar-refractivity contribution in [2.24, 2.45) is 5.92 Å². The number of hydrogen-bond donors (Lipinski definition) is 2. The van der Waals surface area contributed by atoms with Gasteiger partial charge >= 0.3 is 11.8 Å². The number of nitrogens with one attached hydrogen (secondary N) is 2. The number of sulfone groups is 1. The summed E-state index contributed by atoms with van der Waals surface area (Å²) in [6.07, 6.45) is 4.01. The zero-order valence-corrected chi connectivity index (χ0v) is 18.4. The zero-order chi connectivity index (χ0) is 22.2. The van der Waals surface area contributed by atoms with Crippen LogP contribution in [0, 0.1) is 5.92 Å². The third-order valence-electron chi connectivity index (χ3n) is 5.97. The highest BCUT2D eigenvalue weighted by molar-refractivity contribution is 7.90. The van der Waals surface area contributed by atoms with E-state index < -0.39 is 21.7 Å². The van der Waals surface area contributed by atoms with E-state index >= 15 is 0 Å². The lowest BCUT2D eigenvalue weighted by Crippen LogP contribution is -2.46. The molecular formula is C21H26N4O5S. The zero-order valence-electron chi connectivity index (χ0n) is 17.6. The number of nitrogens with zero attached hydrogens (tertiary/aromatic N) is 2. The number of fused-ring (bicyclic) bond motifs is 1. The van der Waals surface area contributed by atoms with Crippen molar-refractivity contribution in [1.82, 2.24) is 15.1 Å². The highest BCUT2D eigenvalue weighted by atomic mass is 32.2. The largest absolute Gasteiger partial charge is 0.497 e. The van der Waals surface area contributed by atoms with Gasteiger partial charge in [0.05, 0.1) is 30.0 Å². The first kappa shape index (κ1) is 21.4. The summed E-state index contributed by atoms with van der Waals surface area (Å²) in [5.41, 5.74) is 1.42. The van der Waals surface area contributed by atoms with Crippen LogP contribution in [0.5, 0.6) is 5.75 Å². The van der Waals surface area contributed by atoms with Gasteiger partial charge in [-0.2, -0.15) is 5.10 Å². The quantitative estimate of drug-likeness (QED) is 0.693. The summed E-state index contributed by atoms with van der Waals surface area (Å²) in [5, 5.41) is 9.84. The van der Waals surface area contributed by atoms with Crippen LogP contribution in [0.4, 0.5) is 5.82 Å². The molecule has 1 aromatic carbocycles. The van der Waals surface area contributed by atoms with Gasteiger partial charge in [-0.15, -0.1) is 0 Å². The van der Waals surface area contributed by atoms with Crippen molar-refractivity contribution in [2.75, 3.05) is 12.4 Å². The van der Waals surface area contributed by atoms with Crippen LogP contribution in [-0.2, 0) is 30.9 Å². The van der Waals surface area contributed by atoms with Crippen LogP contribution in [-0.4, -0.2) is 43.2 Å². The molecule has 2 unspecified atom stereocenters. The summed E-state index contributed by atoms with van der Waals surface area (Å²) < 4.78 is 30.8. The van der Waals surface area contributed by atoms with Gasteiger partial charge in [0, 0.05) is 11.6 Å². The Morgan fingerprint density at radius 1 is 1.10 bits per heavy atom. The Morgan fingerprint density at radius 3 is 2.48 bits per heavy atom. The van der Waals surface area contributed by atoms with E-state index in [1.165, 1.54) is 4.68 Å². The minimum atomic E-state index is -3.33. The predicted octanol–water partition coefficient (Wildman–Crippen LogP) is 1.94. The predicted molar refractivity (Wildman–Crippen MR) is 115 cm³/mol. The topological polar surface area (TPSA) is 119 Å². The van der Waals surface area contributed by atoms with E-state index in [-0.39, 0.29) is 23.4 Å². The monoisotopic (exact) mass is 446 g/mol. The molecule has 9 nitrogen and oxygen atoms in total. The third-order valence-corrected chi connectivity index (χ3v) is 7.41. The van der Waals surface area contributed by atoms with E-state index in [1.54, 1.807) is 31.4 Å². The second-order valence-electron chi connectivity index (χ2n) is 8.21. The molecule has 10 heteroatoms. The van der Waals surface area contributed by atoms with Crippen molar-refractivity contribution in [1.29, 1.82) is 0 Å². The van der Waals surface area contributed by atoms with Gasteiger partial charge in [0.25, 0.3) is 0 Å². The van der Waals surface area contributed by atoms with Gasteiger partial charge in [-0.05, 0) is 43.0 Å². The van der Waals surface area contributed by atoms with Gasteiger partial charge in [-0.25, -0.2) is 13.1 Å². The number of anilines is 1. The Hall–Kier alpha value is -2.88. The molecule has 0 saturated heterocycles. The lowest BCUT2D eigenvalue weighted by Gasteiger charge is -2.29. The Balaban J connectivity index is 1.60. The first-order chi connectivity index (χ1) is 14.8. The molecule has 0 bridgehead atoms. The third kappa shape index (κ3) is 4.43. The summed E-state index contributed by atoms with van der Waals surface area (Å²) in [4.78, 5) is 25.3. The molecule has 2 amide bonds. The number of ether oxygens (including phenoxy) is 1. The minimum absolute atomic E-state index is 0.0374. The summed E-state index contributed by atoms with van der Waals surface area (Å²) in [6, 6.07) is 6.93. The van der Waals surface area contributed by atoms with Crippen molar-refractivity contribution in [2.45, 2.75) is 50.2 Å². The van der Waals surface area contributed by atoms with Crippen LogP contribution in [0.3, 0.4) is 0 Å². The Labute approximate surface area is 181 Å². The fourth-order valence-corrected chi connectivity index (χ4v) is 5.70. The molecule has 2 aromatic rings. The smallest absolute Gasteiger partial charge is 0.314 e. The molecule has 2 heterocycles. The van der Waals surface area contributed by atoms with Crippen LogP contribution in [0.25, 0.3) is 5.69 Å². The number of carbonyl (C=O) groups is 2. The number of methoxy groups -OCH3 is 1. The van der Waals surface area contributed by atoms with E-state index in [2.05, 4.69) is 22.7 Å². The number of rotatable bonds is 4. The maximum atomic E-state index is 12.7. The van der Waals surface area contributed by atoms with Crippen LogP contribution in [0.1, 0.15) is 43.9 Å². The van der Waals surface area contributed by atoms with Gasteiger partial charge in [-0.1, -0.05) is 19.8 Å². The van der Waals surface area contributed by atoms with Crippen LogP contribution >= 0.6 is 0 Å². The van der Waals surface area contributed by atoms with E-state index in [0.717, 1.165) is 25.7 Å². The van der Waals surface area contributed by atoms with Crippen molar-refractivity contribution >= 4 is 27.5 Å². The SMILES string of the molecule is COc1ccc(-n2nc3c(c2NC(=O)C(=O)NC2CCCCC2C)CS(=O)(=O)C3)cc1. The van der Waals surface area contributed by atoms with E-state index in [1.807, 2.05) is 0 Å². The van der Waals surface area contributed by atoms with Crippen molar-refractivity contribution in [3.63, 3.8) is 0 Å². The summed E-state index contributed by atoms with van der Waals surface area (Å²) >= 11 is 0. The van der Waals surface area contributed by atoms with Crippen LogP contribution in [0.2, 0.25) is 0 Å². The van der Waals surface area contributed by atoms with Crippen LogP contribution < -0.4 is 15.4 Å². The van der Waals surface area contributed by atoms with Gasteiger partial charge in [0.15, 0.2) is 9.84 Å². The molecule has 2 aliphatic rings. The Kier molecular flexibility index (Phi) is 5.74. The van der Waals surface area contributed by atoms with E-state index in [9.17, 15) is 18.0 Å². The molecule has 1 fully saturated rings. The first-order valence-corrected chi connectivity index (χ1v) is 12.2. The Bertz CT molecular complexity index is 1110. The number of benzene rings is 1. The maximum Gasteiger partial charge on any atom is 0.314 e. The minimum Gasteiger partial charge on any atom is -0.497 e. The molecule has 166 valence electrons. The Morgan fingerprint density at radius 2 is 1.81 bits per heavy atom. The van der Waals surface area contributed by atoms with Gasteiger partial charge in [0.2, 0.25) is 0 Å². The number of hydrogen-bond acceptors (Lipinski definition) is 6. The molecule has 1 saturated carbocycles. The molecule has 2 N–H and O–H groups in total. The number of aromatic nitrogens is 2. The summed E-state index contributed by atoms with van der Waals surface area (Å²) in [6.45, 7) is 2.07. The van der Waals surface area contributed by atoms with Crippen LogP contribution in [0.15, 0.2) is 24.3 Å². The molecule has 1 aliphatic heterocycles. The van der Waals surface area contributed by atoms with E-state index in [0.29, 0.717) is 28.6 Å². The van der Waals surface area contributed by atoms with Gasteiger partial charge in [-0.3, -0.25) is 9.59 Å². The summed E-state index contributed by atoms with van der Waals surface area (Å²) in [7, 11) is -1.77. The molecule has 31 heavy (non-hydrogen) atoms. The second kappa shape index (κ2) is 8.33. The number of carbonyl (C=O) groups excluding carboxylic acids is 2. The number of amides is 2. The van der Waals surface area contributed by atoms with Crippen molar-refractivity contribution in [3.05, 3.63) is 35.5 Å². The van der Waals surface area contributed by atoms with Gasteiger partial charge < -0.3 is 15.4 Å². The molecule has 0 spiro atoms. The molecule has 4 rings (SSSR count). The standard InChI is InChI=1S/C21H26N4O5S/c1-13-5-3-4-6-17(13)22-20(26)21(27)23-19-16-11-31(28,29)12-18(16)24-25(19)14-7-9-15(30-2)10-8-14/h7-10,13,17H,3-6,11-12H2,1-2H3,(H,22,26)(H,23,27). The highest BCUT2D eigenvalue weighted by Gasteiger charge is 2.34. The van der Waals surface area contributed by atoms with Gasteiger partial charge in [0.1, 0.15) is 11.6 Å². The van der Waals surface area contributed by atoms with Crippen molar-refractivity contribution in [3.8, 4) is 11.4 Å². The van der Waals surface area contributed by atoms with Crippen molar-refractivity contribution < 1.29 is 22.7 Å². The molecular weight excluding hydrogens is 420 g/mol. The highest BCUT2D eigenvalue weighted by Crippen LogP contribution is 2.33. The molecule has 1 aromatic heterocycles. The molecule has 0 radical (unpaired) electrons. The average Bonchev–Trinajstić information content (AvgIpc) is 3.22. The lowest BCUT2D eigenvalue weighted by atomic mass is 9.86. The fourth-order valence-electron chi connectivity index (χ4n) is 4.21. The molecule has 2 atom stereocenters. The average molecular weight is 447 g/mol. The lowest BCUT2D eigenvalue weighted by molar-refractivity contribution is -0.137. The normalized spacial score (nSPS) is 21.9. The second-order valence-corrected chi connectivity index (χ2v) is 10.3.